The number of hydrogen-bond donors (Lipinski definition) is 0. The molecule has 0 radical (unpaired) electrons. The molecule has 12 heavy (non-hydrogen) atoms. The van der Waals surface area contributed by atoms with E-state index in [1.807, 2.05) is 6.92 Å². The van der Waals surface area contributed by atoms with Crippen LogP contribution in [0.3, 0.4) is 0 Å². The minimum atomic E-state index is -0.371. The Kier molecular flexibility index (Phi) is 2.81. The van der Waals surface area contributed by atoms with Crippen molar-refractivity contribution in [3.05, 3.63) is 0 Å². The topological polar surface area (TPSA) is 26.8 Å². The zero-order valence-electron chi connectivity index (χ0n) is 7.63. The first-order valence-electron chi connectivity index (χ1n) is 4.34. The van der Waals surface area contributed by atoms with Crippen molar-refractivity contribution in [2.45, 2.75) is 32.2 Å². The monoisotopic (exact) mass is 182 g/mol. The molecule has 2 atom stereocenters. The summed E-state index contributed by atoms with van der Waals surface area (Å²) in [6, 6.07) is 2.30. The fourth-order valence-corrected chi connectivity index (χ4v) is 1.62. The summed E-state index contributed by atoms with van der Waals surface area (Å²) in [4.78, 5) is 2.97. The third kappa shape index (κ3) is 1.50. The standard InChI is InChI=1S/C9H14N2S/c1-3-4-5-11-7-9(11,6-10)8(2)12/h3-5,7H2,1-2H3. The third-order valence-electron chi connectivity index (χ3n) is 2.41. The molecule has 1 rings (SSSR count). The van der Waals surface area contributed by atoms with Crippen molar-refractivity contribution in [3.8, 4) is 6.07 Å². The summed E-state index contributed by atoms with van der Waals surface area (Å²) in [6.07, 6.45) is 2.33. The normalized spacial score (nSPS) is 32.6. The Balaban J connectivity index is 2.46. The highest BCUT2D eigenvalue weighted by Crippen LogP contribution is 2.33. The summed E-state index contributed by atoms with van der Waals surface area (Å²) in [5.41, 5.74) is -0.371. The Labute approximate surface area is 79.2 Å². The van der Waals surface area contributed by atoms with Crippen molar-refractivity contribution in [1.29, 1.82) is 5.26 Å². The van der Waals surface area contributed by atoms with Gasteiger partial charge in [0.1, 0.15) is 0 Å². The van der Waals surface area contributed by atoms with Gasteiger partial charge in [0.2, 0.25) is 0 Å². The molecule has 2 nitrogen and oxygen atoms in total. The van der Waals surface area contributed by atoms with Gasteiger partial charge < -0.3 is 0 Å². The average molecular weight is 182 g/mol. The molecule has 1 aliphatic heterocycles. The Morgan fingerprint density at radius 2 is 2.42 bits per heavy atom. The van der Waals surface area contributed by atoms with Crippen LogP contribution < -0.4 is 0 Å². The maximum Gasteiger partial charge on any atom is 0.153 e. The van der Waals surface area contributed by atoms with Gasteiger partial charge in [0, 0.05) is 18.0 Å². The first kappa shape index (κ1) is 9.63. The van der Waals surface area contributed by atoms with Gasteiger partial charge in [-0.3, -0.25) is 4.90 Å². The van der Waals surface area contributed by atoms with Crippen LogP contribution in [0.2, 0.25) is 0 Å². The van der Waals surface area contributed by atoms with Crippen molar-refractivity contribution in [2.75, 3.05) is 13.1 Å². The second-order valence-corrected chi connectivity index (χ2v) is 3.92. The van der Waals surface area contributed by atoms with Gasteiger partial charge in [0.25, 0.3) is 0 Å². The third-order valence-corrected chi connectivity index (χ3v) is 2.74. The Morgan fingerprint density at radius 3 is 2.75 bits per heavy atom. The van der Waals surface area contributed by atoms with Gasteiger partial charge in [-0.15, -0.1) is 0 Å². The predicted molar refractivity (Wildman–Crippen MR) is 53.1 cm³/mol. The van der Waals surface area contributed by atoms with Gasteiger partial charge in [-0.05, 0) is 13.3 Å². The molecule has 0 saturated carbocycles. The molecule has 0 N–H and O–H groups in total. The summed E-state index contributed by atoms with van der Waals surface area (Å²) in [6.45, 7) is 5.88. The van der Waals surface area contributed by atoms with Crippen LogP contribution in [0, 0.1) is 11.3 Å². The molecule has 0 aromatic heterocycles. The smallest absolute Gasteiger partial charge is 0.153 e. The van der Waals surface area contributed by atoms with E-state index in [9.17, 15) is 0 Å². The lowest BCUT2D eigenvalue weighted by atomic mass is 10.1. The zero-order chi connectivity index (χ0) is 9.19. The summed E-state index contributed by atoms with van der Waals surface area (Å²) in [5.74, 6) is 0. The SMILES string of the molecule is CCCCN1CC1(C#N)C(C)=S. The summed E-state index contributed by atoms with van der Waals surface area (Å²) >= 11 is 5.06. The number of thiocarbonyl (C=S) groups is 1. The fraction of sp³-hybridized carbons (Fsp3) is 0.778. The van der Waals surface area contributed by atoms with Gasteiger partial charge in [0.05, 0.1) is 6.07 Å². The lowest BCUT2D eigenvalue weighted by Crippen LogP contribution is -2.24. The fourth-order valence-electron chi connectivity index (χ4n) is 1.38. The van der Waals surface area contributed by atoms with Crippen molar-refractivity contribution in [2.24, 2.45) is 0 Å². The summed E-state index contributed by atoms with van der Waals surface area (Å²) in [7, 11) is 0. The van der Waals surface area contributed by atoms with E-state index >= 15 is 0 Å². The first-order valence-corrected chi connectivity index (χ1v) is 4.75. The van der Waals surface area contributed by atoms with Crippen LogP contribution in [0.4, 0.5) is 0 Å². The molecule has 1 fully saturated rings. The zero-order valence-corrected chi connectivity index (χ0v) is 8.45. The molecule has 0 amide bonds. The lowest BCUT2D eigenvalue weighted by molar-refractivity contribution is 0.489. The second kappa shape index (κ2) is 3.51. The van der Waals surface area contributed by atoms with Gasteiger partial charge in [0.15, 0.2) is 5.54 Å². The highest BCUT2D eigenvalue weighted by molar-refractivity contribution is 7.80. The van der Waals surface area contributed by atoms with Crippen LogP contribution >= 0.6 is 12.2 Å². The van der Waals surface area contributed by atoms with Gasteiger partial charge in [-0.2, -0.15) is 5.26 Å². The molecule has 0 aliphatic carbocycles. The van der Waals surface area contributed by atoms with E-state index in [0.29, 0.717) is 0 Å². The number of nitrogens with zero attached hydrogens (tertiary/aromatic N) is 2. The molecular weight excluding hydrogens is 168 g/mol. The van der Waals surface area contributed by atoms with Crippen molar-refractivity contribution in [3.63, 3.8) is 0 Å². The average Bonchev–Trinajstić information content (AvgIpc) is 2.76. The minimum absolute atomic E-state index is 0.371. The maximum atomic E-state index is 8.92. The van der Waals surface area contributed by atoms with Crippen molar-refractivity contribution < 1.29 is 0 Å². The quantitative estimate of drug-likeness (QED) is 0.489. The molecule has 0 aromatic rings. The predicted octanol–water partition coefficient (Wildman–Crippen LogP) is 1.75. The second-order valence-electron chi connectivity index (χ2n) is 3.30. The van der Waals surface area contributed by atoms with Crippen LogP contribution in [0.1, 0.15) is 26.7 Å². The van der Waals surface area contributed by atoms with E-state index in [0.717, 1.165) is 24.4 Å². The Morgan fingerprint density at radius 1 is 1.75 bits per heavy atom. The van der Waals surface area contributed by atoms with E-state index in [1.54, 1.807) is 0 Å². The molecule has 66 valence electrons. The van der Waals surface area contributed by atoms with Crippen LogP contribution in [-0.4, -0.2) is 28.4 Å². The van der Waals surface area contributed by atoms with E-state index in [2.05, 4.69) is 17.9 Å². The number of rotatable bonds is 4. The van der Waals surface area contributed by atoms with Gasteiger partial charge in [-0.25, -0.2) is 0 Å². The molecular formula is C9H14N2S. The first-order chi connectivity index (χ1) is 5.67. The molecule has 1 heterocycles. The highest BCUT2D eigenvalue weighted by Gasteiger charge is 2.53. The van der Waals surface area contributed by atoms with Crippen LogP contribution in [0.5, 0.6) is 0 Å². The van der Waals surface area contributed by atoms with Gasteiger partial charge >= 0.3 is 0 Å². The highest BCUT2D eigenvalue weighted by atomic mass is 32.1. The molecule has 2 unspecified atom stereocenters. The van der Waals surface area contributed by atoms with E-state index < -0.39 is 0 Å². The largest absolute Gasteiger partial charge is 0.277 e. The molecule has 0 spiro atoms. The van der Waals surface area contributed by atoms with E-state index in [4.69, 9.17) is 17.5 Å². The summed E-state index contributed by atoms with van der Waals surface area (Å²) < 4.78 is 0. The van der Waals surface area contributed by atoms with Crippen LogP contribution in [0.15, 0.2) is 0 Å². The minimum Gasteiger partial charge on any atom is -0.277 e. The lowest BCUT2D eigenvalue weighted by Gasteiger charge is -2.06. The molecule has 0 bridgehead atoms. The van der Waals surface area contributed by atoms with E-state index in [-0.39, 0.29) is 5.54 Å². The van der Waals surface area contributed by atoms with Crippen molar-refractivity contribution in [1.82, 2.24) is 4.90 Å². The number of unbranched alkanes of at least 4 members (excludes halogenated alkanes) is 1. The Hall–Kier alpha value is -0.460. The molecule has 3 heteroatoms. The van der Waals surface area contributed by atoms with Crippen LogP contribution in [0.25, 0.3) is 0 Å². The van der Waals surface area contributed by atoms with Gasteiger partial charge in [-0.1, -0.05) is 25.6 Å². The molecule has 1 aliphatic rings. The van der Waals surface area contributed by atoms with Crippen LogP contribution in [-0.2, 0) is 0 Å². The van der Waals surface area contributed by atoms with Crippen molar-refractivity contribution >= 4 is 17.1 Å². The molecule has 1 saturated heterocycles. The summed E-state index contributed by atoms with van der Waals surface area (Å²) in [5, 5.41) is 8.92. The van der Waals surface area contributed by atoms with E-state index in [1.165, 1.54) is 6.42 Å². The Bertz CT molecular complexity index is 231. The maximum absolute atomic E-state index is 8.92. The number of nitriles is 1. The number of hydrogen-bond acceptors (Lipinski definition) is 3. The molecule has 0 aromatic carbocycles.